The Morgan fingerprint density at radius 2 is 1.87 bits per heavy atom. The molecular weight excluding hydrogens is 202 g/mol. The van der Waals surface area contributed by atoms with E-state index in [1.165, 1.54) is 10.5 Å². The standard InChI is InChI=1S/C13H21NS/c1-11(2)10-14-9-8-12-4-6-13(15-3)7-5-12/h4-7,11,14H,8-10H2,1-3H3. The highest BCUT2D eigenvalue weighted by Gasteiger charge is 1.95. The maximum atomic E-state index is 3.46. The van der Waals surface area contributed by atoms with Crippen LogP contribution in [0.4, 0.5) is 0 Å². The van der Waals surface area contributed by atoms with E-state index in [2.05, 4.69) is 49.7 Å². The lowest BCUT2D eigenvalue weighted by atomic mass is 10.1. The van der Waals surface area contributed by atoms with Crippen molar-refractivity contribution in [2.45, 2.75) is 25.2 Å². The van der Waals surface area contributed by atoms with Gasteiger partial charge in [-0.05, 0) is 49.4 Å². The first-order valence-electron chi connectivity index (χ1n) is 5.56. The molecule has 0 saturated carbocycles. The highest BCUT2D eigenvalue weighted by atomic mass is 32.2. The van der Waals surface area contributed by atoms with E-state index in [1.54, 1.807) is 11.8 Å². The molecule has 0 radical (unpaired) electrons. The van der Waals surface area contributed by atoms with Crippen LogP contribution in [-0.2, 0) is 6.42 Å². The summed E-state index contributed by atoms with van der Waals surface area (Å²) in [6, 6.07) is 8.84. The first-order valence-corrected chi connectivity index (χ1v) is 6.78. The highest BCUT2D eigenvalue weighted by Crippen LogP contribution is 2.14. The molecule has 0 atom stereocenters. The van der Waals surface area contributed by atoms with Crippen LogP contribution in [0.2, 0.25) is 0 Å². The van der Waals surface area contributed by atoms with Gasteiger partial charge < -0.3 is 5.32 Å². The quantitative estimate of drug-likeness (QED) is 0.587. The van der Waals surface area contributed by atoms with Gasteiger partial charge in [0, 0.05) is 4.90 Å². The monoisotopic (exact) mass is 223 g/mol. The second-order valence-electron chi connectivity index (χ2n) is 4.20. The topological polar surface area (TPSA) is 12.0 Å². The van der Waals surface area contributed by atoms with E-state index in [4.69, 9.17) is 0 Å². The third-order valence-electron chi connectivity index (χ3n) is 2.30. The second-order valence-corrected chi connectivity index (χ2v) is 5.08. The zero-order valence-electron chi connectivity index (χ0n) is 9.92. The molecule has 0 aliphatic carbocycles. The SMILES string of the molecule is CSc1ccc(CCNCC(C)C)cc1. The van der Waals surface area contributed by atoms with Crippen LogP contribution in [0.1, 0.15) is 19.4 Å². The summed E-state index contributed by atoms with van der Waals surface area (Å²) in [6.45, 7) is 6.67. The van der Waals surface area contributed by atoms with Crippen molar-refractivity contribution in [2.24, 2.45) is 5.92 Å². The van der Waals surface area contributed by atoms with Gasteiger partial charge in [0.2, 0.25) is 0 Å². The van der Waals surface area contributed by atoms with Gasteiger partial charge in [0.1, 0.15) is 0 Å². The Kier molecular flexibility index (Phi) is 5.81. The van der Waals surface area contributed by atoms with Gasteiger partial charge in [0.25, 0.3) is 0 Å². The summed E-state index contributed by atoms with van der Waals surface area (Å²) in [5, 5.41) is 3.46. The predicted octanol–water partition coefficient (Wildman–Crippen LogP) is 3.20. The molecule has 1 aromatic carbocycles. The minimum Gasteiger partial charge on any atom is -0.316 e. The maximum Gasteiger partial charge on any atom is 0.00693 e. The van der Waals surface area contributed by atoms with Gasteiger partial charge in [-0.25, -0.2) is 0 Å². The number of benzene rings is 1. The third-order valence-corrected chi connectivity index (χ3v) is 3.05. The Labute approximate surface area is 97.7 Å². The number of nitrogens with one attached hydrogen (secondary N) is 1. The molecule has 1 rings (SSSR count). The van der Waals surface area contributed by atoms with Crippen molar-refractivity contribution in [3.63, 3.8) is 0 Å². The molecule has 0 aromatic heterocycles. The molecule has 1 N–H and O–H groups in total. The molecule has 2 heteroatoms. The van der Waals surface area contributed by atoms with Crippen LogP contribution < -0.4 is 5.32 Å². The normalized spacial score (nSPS) is 10.9. The molecule has 0 aliphatic heterocycles. The van der Waals surface area contributed by atoms with Gasteiger partial charge in [-0.1, -0.05) is 26.0 Å². The summed E-state index contributed by atoms with van der Waals surface area (Å²) in [4.78, 5) is 1.34. The molecule has 0 saturated heterocycles. The Balaban J connectivity index is 2.25. The molecule has 0 fully saturated rings. The van der Waals surface area contributed by atoms with Crippen LogP contribution >= 0.6 is 11.8 Å². The molecule has 0 heterocycles. The zero-order valence-corrected chi connectivity index (χ0v) is 10.7. The fourth-order valence-corrected chi connectivity index (χ4v) is 1.82. The molecule has 0 spiro atoms. The number of hydrogen-bond donors (Lipinski definition) is 1. The van der Waals surface area contributed by atoms with E-state index in [0.717, 1.165) is 25.4 Å². The molecule has 0 amide bonds. The van der Waals surface area contributed by atoms with Crippen LogP contribution in [-0.4, -0.2) is 19.3 Å². The first-order chi connectivity index (χ1) is 7.22. The van der Waals surface area contributed by atoms with Crippen molar-refractivity contribution in [1.82, 2.24) is 5.32 Å². The molecule has 1 nitrogen and oxygen atoms in total. The van der Waals surface area contributed by atoms with E-state index >= 15 is 0 Å². The first kappa shape index (κ1) is 12.6. The number of rotatable bonds is 6. The molecule has 15 heavy (non-hydrogen) atoms. The van der Waals surface area contributed by atoms with E-state index in [1.807, 2.05) is 0 Å². The largest absolute Gasteiger partial charge is 0.316 e. The Morgan fingerprint density at radius 1 is 1.20 bits per heavy atom. The summed E-state index contributed by atoms with van der Waals surface area (Å²) < 4.78 is 0. The van der Waals surface area contributed by atoms with Gasteiger partial charge in [-0.15, -0.1) is 11.8 Å². The molecule has 0 unspecified atom stereocenters. The smallest absolute Gasteiger partial charge is 0.00693 e. The van der Waals surface area contributed by atoms with Gasteiger partial charge in [-0.2, -0.15) is 0 Å². The van der Waals surface area contributed by atoms with E-state index in [-0.39, 0.29) is 0 Å². The van der Waals surface area contributed by atoms with Crippen LogP contribution in [0.3, 0.4) is 0 Å². The van der Waals surface area contributed by atoms with Gasteiger partial charge in [0.15, 0.2) is 0 Å². The molecule has 84 valence electrons. The van der Waals surface area contributed by atoms with E-state index in [9.17, 15) is 0 Å². The predicted molar refractivity (Wildman–Crippen MR) is 69.6 cm³/mol. The molecule has 0 aliphatic rings. The molecular formula is C13H21NS. The third kappa shape index (κ3) is 5.24. The minimum absolute atomic E-state index is 0.740. The molecule has 0 bridgehead atoms. The van der Waals surface area contributed by atoms with Crippen LogP contribution in [0.25, 0.3) is 0 Å². The fraction of sp³-hybridized carbons (Fsp3) is 0.538. The van der Waals surface area contributed by atoms with E-state index < -0.39 is 0 Å². The Bertz CT molecular complexity index is 266. The summed E-state index contributed by atoms with van der Waals surface area (Å²) in [6.07, 6.45) is 3.24. The average Bonchev–Trinajstić information content (AvgIpc) is 2.25. The lowest BCUT2D eigenvalue weighted by Crippen LogP contribution is -2.22. The lowest BCUT2D eigenvalue weighted by molar-refractivity contribution is 0.554. The zero-order chi connectivity index (χ0) is 11.1. The van der Waals surface area contributed by atoms with Crippen LogP contribution in [0.15, 0.2) is 29.2 Å². The van der Waals surface area contributed by atoms with Crippen molar-refractivity contribution in [3.05, 3.63) is 29.8 Å². The van der Waals surface area contributed by atoms with Gasteiger partial charge in [0.05, 0.1) is 0 Å². The van der Waals surface area contributed by atoms with Crippen molar-refractivity contribution in [1.29, 1.82) is 0 Å². The van der Waals surface area contributed by atoms with Crippen molar-refractivity contribution in [2.75, 3.05) is 19.3 Å². The van der Waals surface area contributed by atoms with Crippen molar-refractivity contribution in [3.8, 4) is 0 Å². The minimum atomic E-state index is 0.740. The van der Waals surface area contributed by atoms with E-state index in [0.29, 0.717) is 0 Å². The van der Waals surface area contributed by atoms with Crippen LogP contribution in [0, 0.1) is 5.92 Å². The number of thioether (sulfide) groups is 1. The Hall–Kier alpha value is -0.470. The lowest BCUT2D eigenvalue weighted by Gasteiger charge is -2.07. The van der Waals surface area contributed by atoms with Gasteiger partial charge >= 0.3 is 0 Å². The fourth-order valence-electron chi connectivity index (χ4n) is 1.42. The van der Waals surface area contributed by atoms with Crippen molar-refractivity contribution < 1.29 is 0 Å². The summed E-state index contributed by atoms with van der Waals surface area (Å²) in [7, 11) is 0. The van der Waals surface area contributed by atoms with Gasteiger partial charge in [-0.3, -0.25) is 0 Å². The van der Waals surface area contributed by atoms with Crippen molar-refractivity contribution >= 4 is 11.8 Å². The summed E-state index contributed by atoms with van der Waals surface area (Å²) in [5.74, 6) is 0.740. The summed E-state index contributed by atoms with van der Waals surface area (Å²) in [5.41, 5.74) is 1.42. The molecule has 1 aromatic rings. The highest BCUT2D eigenvalue weighted by molar-refractivity contribution is 7.98. The second kappa shape index (κ2) is 6.91. The maximum absolute atomic E-state index is 3.46. The Morgan fingerprint density at radius 3 is 2.40 bits per heavy atom. The summed E-state index contributed by atoms with van der Waals surface area (Å²) >= 11 is 1.79. The average molecular weight is 223 g/mol. The van der Waals surface area contributed by atoms with Crippen LogP contribution in [0.5, 0.6) is 0 Å². The number of hydrogen-bond acceptors (Lipinski definition) is 2.